The maximum Gasteiger partial charge on any atom is 0.248 e. The molecule has 5 N–H and O–H groups in total. The number of anilines is 1. The number of amides is 1. The molecule has 0 bridgehead atoms. The summed E-state index contributed by atoms with van der Waals surface area (Å²) in [6.45, 7) is 1.97. The molecule has 0 aliphatic carbocycles. The molecule has 0 fully saturated rings. The Morgan fingerprint density at radius 1 is 1.37 bits per heavy atom. The lowest BCUT2D eigenvalue weighted by molar-refractivity contribution is -0.125. The molecule has 1 amide bonds. The zero-order chi connectivity index (χ0) is 14.5. The summed E-state index contributed by atoms with van der Waals surface area (Å²) in [5.41, 5.74) is 5.48. The van der Waals surface area contributed by atoms with E-state index < -0.39 is 22.0 Å². The van der Waals surface area contributed by atoms with Crippen LogP contribution in [0.4, 0.5) is 5.69 Å². The number of aliphatic hydroxyl groups excluding tert-OH is 1. The lowest BCUT2D eigenvalue weighted by Crippen LogP contribution is -2.34. The quantitative estimate of drug-likeness (QED) is 0.525. The van der Waals surface area contributed by atoms with Crippen LogP contribution in [0.5, 0.6) is 0 Å². The number of rotatable bonds is 7. The summed E-state index contributed by atoms with van der Waals surface area (Å²) in [6, 6.07) is 5.93. The van der Waals surface area contributed by atoms with Gasteiger partial charge in [-0.05, 0) is 24.3 Å². The van der Waals surface area contributed by atoms with Gasteiger partial charge >= 0.3 is 0 Å². The molecule has 1 atom stereocenters. The van der Waals surface area contributed by atoms with E-state index in [1.807, 2.05) is 0 Å². The monoisotopic (exact) mass is 287 g/mol. The van der Waals surface area contributed by atoms with Gasteiger partial charge in [-0.15, -0.1) is 0 Å². The maximum absolute atomic E-state index is 11.7. The summed E-state index contributed by atoms with van der Waals surface area (Å²) in [5, 5.41) is 12.0. The van der Waals surface area contributed by atoms with Gasteiger partial charge < -0.3 is 16.2 Å². The molecule has 1 aromatic rings. The standard InChI is InChI=1S/C11H17N3O4S/c1-2-14-19(17,18)9-5-3-8(4-6-9)13-7-10(15)11(12)16/h3-6,10,13-15H,2,7H2,1H3,(H2,12,16). The van der Waals surface area contributed by atoms with Crippen LogP contribution in [0.15, 0.2) is 29.2 Å². The molecule has 1 rings (SSSR count). The van der Waals surface area contributed by atoms with Crippen molar-refractivity contribution < 1.29 is 18.3 Å². The summed E-state index contributed by atoms with van der Waals surface area (Å²) in [5.74, 6) is -0.821. The van der Waals surface area contributed by atoms with E-state index in [4.69, 9.17) is 5.73 Å². The Morgan fingerprint density at radius 2 is 1.95 bits per heavy atom. The average Bonchev–Trinajstić information content (AvgIpc) is 2.36. The van der Waals surface area contributed by atoms with E-state index >= 15 is 0 Å². The molecule has 0 radical (unpaired) electrons. The minimum atomic E-state index is -3.47. The van der Waals surface area contributed by atoms with Gasteiger partial charge in [0.2, 0.25) is 15.9 Å². The van der Waals surface area contributed by atoms with Crippen LogP contribution in [0.2, 0.25) is 0 Å². The van der Waals surface area contributed by atoms with Crippen LogP contribution in [-0.4, -0.2) is 38.6 Å². The third-order valence-electron chi connectivity index (χ3n) is 2.33. The number of nitrogens with two attached hydrogens (primary N) is 1. The summed E-state index contributed by atoms with van der Waals surface area (Å²) in [6.07, 6.45) is -1.29. The SMILES string of the molecule is CCNS(=O)(=O)c1ccc(NCC(O)C(N)=O)cc1. The topological polar surface area (TPSA) is 122 Å². The van der Waals surface area contributed by atoms with Gasteiger partial charge in [0, 0.05) is 18.8 Å². The smallest absolute Gasteiger partial charge is 0.248 e. The van der Waals surface area contributed by atoms with E-state index in [9.17, 15) is 18.3 Å². The van der Waals surface area contributed by atoms with E-state index in [0.717, 1.165) is 0 Å². The highest BCUT2D eigenvalue weighted by Crippen LogP contribution is 2.13. The number of hydrogen-bond acceptors (Lipinski definition) is 5. The third kappa shape index (κ3) is 4.51. The highest BCUT2D eigenvalue weighted by Gasteiger charge is 2.13. The first-order chi connectivity index (χ1) is 8.86. The van der Waals surface area contributed by atoms with Gasteiger partial charge in [0.05, 0.1) is 4.90 Å². The van der Waals surface area contributed by atoms with Gasteiger partial charge in [-0.3, -0.25) is 4.79 Å². The molecule has 0 saturated heterocycles. The molecule has 1 aromatic carbocycles. The lowest BCUT2D eigenvalue weighted by atomic mass is 10.3. The van der Waals surface area contributed by atoms with Crippen molar-refractivity contribution in [3.05, 3.63) is 24.3 Å². The Balaban J connectivity index is 2.69. The van der Waals surface area contributed by atoms with E-state index in [1.54, 1.807) is 6.92 Å². The zero-order valence-electron chi connectivity index (χ0n) is 10.5. The third-order valence-corrected chi connectivity index (χ3v) is 3.89. The van der Waals surface area contributed by atoms with E-state index in [1.165, 1.54) is 24.3 Å². The Morgan fingerprint density at radius 3 is 2.42 bits per heavy atom. The van der Waals surface area contributed by atoms with E-state index in [2.05, 4.69) is 10.0 Å². The molecule has 0 saturated carbocycles. The second kappa shape index (κ2) is 6.50. The zero-order valence-corrected chi connectivity index (χ0v) is 11.3. The van der Waals surface area contributed by atoms with Crippen molar-refractivity contribution >= 4 is 21.6 Å². The minimum Gasteiger partial charge on any atom is -0.382 e. The van der Waals surface area contributed by atoms with Crippen molar-refractivity contribution in [2.45, 2.75) is 17.9 Å². The van der Waals surface area contributed by atoms with Crippen LogP contribution in [0.1, 0.15) is 6.92 Å². The first-order valence-corrected chi connectivity index (χ1v) is 7.16. The van der Waals surface area contributed by atoms with Crippen LogP contribution >= 0.6 is 0 Å². The normalized spacial score (nSPS) is 12.9. The largest absolute Gasteiger partial charge is 0.382 e. The lowest BCUT2D eigenvalue weighted by Gasteiger charge is -2.10. The molecule has 0 aliphatic heterocycles. The van der Waals surface area contributed by atoms with Crippen molar-refractivity contribution in [2.75, 3.05) is 18.4 Å². The van der Waals surface area contributed by atoms with Gasteiger partial charge in [0.15, 0.2) is 0 Å². The predicted molar refractivity (Wildman–Crippen MR) is 71.0 cm³/mol. The van der Waals surface area contributed by atoms with Gasteiger partial charge in [-0.2, -0.15) is 0 Å². The summed E-state index contributed by atoms with van der Waals surface area (Å²) in [4.78, 5) is 10.8. The first-order valence-electron chi connectivity index (χ1n) is 5.68. The van der Waals surface area contributed by atoms with Crippen LogP contribution < -0.4 is 15.8 Å². The molecule has 0 aliphatic rings. The number of carbonyl (C=O) groups is 1. The van der Waals surface area contributed by atoms with Crippen LogP contribution in [-0.2, 0) is 14.8 Å². The van der Waals surface area contributed by atoms with Crippen molar-refractivity contribution in [2.24, 2.45) is 5.73 Å². The highest BCUT2D eigenvalue weighted by atomic mass is 32.2. The van der Waals surface area contributed by atoms with E-state index in [-0.39, 0.29) is 11.4 Å². The number of nitrogens with one attached hydrogen (secondary N) is 2. The Bertz CT molecular complexity index is 527. The van der Waals surface area contributed by atoms with E-state index in [0.29, 0.717) is 12.2 Å². The highest BCUT2D eigenvalue weighted by molar-refractivity contribution is 7.89. The maximum atomic E-state index is 11.7. The number of primary amides is 1. The van der Waals surface area contributed by atoms with Gasteiger partial charge in [-0.25, -0.2) is 13.1 Å². The van der Waals surface area contributed by atoms with Gasteiger partial charge in [0.25, 0.3) is 0 Å². The number of carbonyl (C=O) groups excluding carboxylic acids is 1. The Kier molecular flexibility index (Phi) is 5.28. The molecule has 1 unspecified atom stereocenters. The Labute approximate surface area is 111 Å². The Hall–Kier alpha value is -1.64. The first kappa shape index (κ1) is 15.4. The molecule has 0 heterocycles. The number of aliphatic hydroxyl groups is 1. The average molecular weight is 287 g/mol. The van der Waals surface area contributed by atoms with Crippen LogP contribution in [0.3, 0.4) is 0 Å². The second-order valence-electron chi connectivity index (χ2n) is 3.82. The summed E-state index contributed by atoms with van der Waals surface area (Å²) < 4.78 is 25.7. The predicted octanol–water partition coefficient (Wildman–Crippen LogP) is -0.757. The van der Waals surface area contributed by atoms with Crippen LogP contribution in [0, 0.1) is 0 Å². The van der Waals surface area contributed by atoms with Crippen molar-refractivity contribution in [3.8, 4) is 0 Å². The number of sulfonamides is 1. The molecule has 19 heavy (non-hydrogen) atoms. The molecular formula is C11H17N3O4S. The number of hydrogen-bond donors (Lipinski definition) is 4. The molecule has 106 valence electrons. The minimum absolute atomic E-state index is 0.0331. The molecular weight excluding hydrogens is 270 g/mol. The fraction of sp³-hybridized carbons (Fsp3) is 0.364. The van der Waals surface area contributed by atoms with Crippen molar-refractivity contribution in [1.82, 2.24) is 4.72 Å². The summed E-state index contributed by atoms with van der Waals surface area (Å²) >= 11 is 0. The fourth-order valence-corrected chi connectivity index (χ4v) is 2.38. The van der Waals surface area contributed by atoms with Gasteiger partial charge in [0.1, 0.15) is 6.10 Å². The molecule has 7 nitrogen and oxygen atoms in total. The molecule has 0 spiro atoms. The van der Waals surface area contributed by atoms with Crippen molar-refractivity contribution in [1.29, 1.82) is 0 Å². The van der Waals surface area contributed by atoms with Crippen LogP contribution in [0.25, 0.3) is 0 Å². The summed E-state index contributed by atoms with van der Waals surface area (Å²) in [7, 11) is -3.47. The van der Waals surface area contributed by atoms with Crippen molar-refractivity contribution in [3.63, 3.8) is 0 Å². The molecule has 0 aromatic heterocycles. The second-order valence-corrected chi connectivity index (χ2v) is 5.59. The fourth-order valence-electron chi connectivity index (χ4n) is 1.34. The number of benzene rings is 1. The van der Waals surface area contributed by atoms with Gasteiger partial charge in [-0.1, -0.05) is 6.92 Å². The molecule has 8 heteroatoms.